The maximum absolute atomic E-state index is 11.7. The molecule has 1 unspecified atom stereocenters. The van der Waals surface area contributed by atoms with Crippen LogP contribution in [0.2, 0.25) is 0 Å². The number of rotatable bonds is 3. The molecule has 0 fully saturated rings. The standard InChI is InChI=1S/C9H15FN2O/c10-6-7-11-9(13)12-8-4-2-1-3-5-8/h2,4,8H,1,3,5-7H2,(H2,11,12,13). The molecular weight excluding hydrogens is 171 g/mol. The summed E-state index contributed by atoms with van der Waals surface area (Å²) in [6.07, 6.45) is 7.20. The highest BCUT2D eigenvalue weighted by molar-refractivity contribution is 5.74. The van der Waals surface area contributed by atoms with E-state index in [0.29, 0.717) is 0 Å². The second kappa shape index (κ2) is 5.56. The van der Waals surface area contributed by atoms with E-state index in [0.717, 1.165) is 19.3 Å². The van der Waals surface area contributed by atoms with Crippen LogP contribution in [0.1, 0.15) is 19.3 Å². The Morgan fingerprint density at radius 3 is 3.08 bits per heavy atom. The first-order valence-corrected chi connectivity index (χ1v) is 4.60. The van der Waals surface area contributed by atoms with Gasteiger partial charge in [-0.2, -0.15) is 0 Å². The fourth-order valence-corrected chi connectivity index (χ4v) is 1.31. The zero-order chi connectivity index (χ0) is 9.52. The predicted molar refractivity (Wildman–Crippen MR) is 49.3 cm³/mol. The molecule has 74 valence electrons. The Kier molecular flexibility index (Phi) is 4.29. The Balaban J connectivity index is 2.18. The van der Waals surface area contributed by atoms with Crippen LogP contribution >= 0.6 is 0 Å². The molecule has 0 radical (unpaired) electrons. The van der Waals surface area contributed by atoms with Crippen molar-refractivity contribution in [3.63, 3.8) is 0 Å². The summed E-state index contributed by atoms with van der Waals surface area (Å²) in [6.45, 7) is -0.434. The molecule has 0 spiro atoms. The van der Waals surface area contributed by atoms with Crippen LogP contribution in [-0.4, -0.2) is 25.3 Å². The molecule has 0 heterocycles. The minimum absolute atomic E-state index is 0.0856. The molecule has 0 aromatic carbocycles. The van der Waals surface area contributed by atoms with Gasteiger partial charge in [-0.3, -0.25) is 0 Å². The molecule has 2 amide bonds. The quantitative estimate of drug-likeness (QED) is 0.642. The minimum atomic E-state index is -0.520. The van der Waals surface area contributed by atoms with Gasteiger partial charge in [0.05, 0.1) is 0 Å². The zero-order valence-electron chi connectivity index (χ0n) is 7.55. The molecule has 0 saturated heterocycles. The van der Waals surface area contributed by atoms with Gasteiger partial charge < -0.3 is 10.6 Å². The summed E-state index contributed by atoms with van der Waals surface area (Å²) in [7, 11) is 0. The molecule has 0 aromatic heterocycles. The first-order valence-electron chi connectivity index (χ1n) is 4.60. The van der Waals surface area contributed by atoms with E-state index in [-0.39, 0.29) is 18.6 Å². The molecule has 1 aliphatic carbocycles. The van der Waals surface area contributed by atoms with Gasteiger partial charge in [0.2, 0.25) is 0 Å². The molecular formula is C9H15FN2O. The Morgan fingerprint density at radius 2 is 2.46 bits per heavy atom. The summed E-state index contributed by atoms with van der Waals surface area (Å²) < 4.78 is 11.7. The van der Waals surface area contributed by atoms with Gasteiger partial charge in [-0.25, -0.2) is 9.18 Å². The van der Waals surface area contributed by atoms with Gasteiger partial charge in [0, 0.05) is 12.6 Å². The lowest BCUT2D eigenvalue weighted by Crippen LogP contribution is -2.42. The Morgan fingerprint density at radius 1 is 1.62 bits per heavy atom. The van der Waals surface area contributed by atoms with Crippen molar-refractivity contribution in [3.8, 4) is 0 Å². The average Bonchev–Trinajstić information content (AvgIpc) is 2.16. The molecule has 0 saturated carbocycles. The third-order valence-corrected chi connectivity index (χ3v) is 1.95. The lowest BCUT2D eigenvalue weighted by atomic mass is 10.0. The molecule has 2 N–H and O–H groups in total. The number of urea groups is 1. The summed E-state index contributed by atoms with van der Waals surface area (Å²) in [6, 6.07) is -0.164. The lowest BCUT2D eigenvalue weighted by molar-refractivity contribution is 0.237. The normalized spacial score (nSPS) is 21.2. The molecule has 4 heteroatoms. The maximum atomic E-state index is 11.7. The first-order chi connectivity index (χ1) is 6.33. The van der Waals surface area contributed by atoms with E-state index in [9.17, 15) is 9.18 Å². The van der Waals surface area contributed by atoms with Crippen LogP contribution in [0.15, 0.2) is 12.2 Å². The van der Waals surface area contributed by atoms with E-state index in [4.69, 9.17) is 0 Å². The molecule has 0 aliphatic heterocycles. The van der Waals surface area contributed by atoms with Crippen LogP contribution < -0.4 is 10.6 Å². The Bertz CT molecular complexity index is 194. The number of carbonyl (C=O) groups excluding carboxylic acids is 1. The maximum Gasteiger partial charge on any atom is 0.315 e. The van der Waals surface area contributed by atoms with Crippen molar-refractivity contribution in [3.05, 3.63) is 12.2 Å². The molecule has 0 bridgehead atoms. The van der Waals surface area contributed by atoms with Crippen LogP contribution in [0, 0.1) is 0 Å². The number of amides is 2. The van der Waals surface area contributed by atoms with Gasteiger partial charge in [-0.15, -0.1) is 0 Å². The Labute approximate surface area is 77.4 Å². The number of hydrogen-bond donors (Lipinski definition) is 2. The van der Waals surface area contributed by atoms with Gasteiger partial charge in [0.25, 0.3) is 0 Å². The molecule has 13 heavy (non-hydrogen) atoms. The van der Waals surface area contributed by atoms with Crippen molar-refractivity contribution < 1.29 is 9.18 Å². The van der Waals surface area contributed by atoms with Crippen LogP contribution in [0.4, 0.5) is 9.18 Å². The topological polar surface area (TPSA) is 41.1 Å². The van der Waals surface area contributed by atoms with Crippen molar-refractivity contribution in [2.24, 2.45) is 0 Å². The summed E-state index contributed by atoms with van der Waals surface area (Å²) in [5.41, 5.74) is 0. The van der Waals surface area contributed by atoms with Gasteiger partial charge >= 0.3 is 6.03 Å². The van der Waals surface area contributed by atoms with E-state index in [1.54, 1.807) is 0 Å². The number of allylic oxidation sites excluding steroid dienone is 1. The third-order valence-electron chi connectivity index (χ3n) is 1.95. The summed E-state index contributed by atoms with van der Waals surface area (Å²) in [5.74, 6) is 0. The van der Waals surface area contributed by atoms with Crippen LogP contribution in [0.5, 0.6) is 0 Å². The van der Waals surface area contributed by atoms with Crippen molar-refractivity contribution in [1.82, 2.24) is 10.6 Å². The van der Waals surface area contributed by atoms with E-state index < -0.39 is 6.67 Å². The largest absolute Gasteiger partial charge is 0.336 e. The van der Waals surface area contributed by atoms with E-state index in [1.165, 1.54) is 0 Å². The van der Waals surface area contributed by atoms with E-state index in [1.807, 2.05) is 6.08 Å². The van der Waals surface area contributed by atoms with Gasteiger partial charge in [0.15, 0.2) is 0 Å². The highest BCUT2D eigenvalue weighted by Gasteiger charge is 2.10. The van der Waals surface area contributed by atoms with Crippen molar-refractivity contribution in [2.45, 2.75) is 25.3 Å². The predicted octanol–water partition coefficient (Wildman–Crippen LogP) is 1.36. The highest BCUT2D eigenvalue weighted by Crippen LogP contribution is 2.09. The summed E-state index contributed by atoms with van der Waals surface area (Å²) in [4.78, 5) is 11.0. The third kappa shape index (κ3) is 3.92. The van der Waals surface area contributed by atoms with E-state index in [2.05, 4.69) is 16.7 Å². The SMILES string of the molecule is O=C(NCCF)NC1C=CCCC1. The van der Waals surface area contributed by atoms with Gasteiger partial charge in [-0.05, 0) is 19.3 Å². The van der Waals surface area contributed by atoms with Crippen molar-refractivity contribution >= 4 is 6.03 Å². The Hall–Kier alpha value is -1.06. The molecule has 1 atom stereocenters. The van der Waals surface area contributed by atoms with Crippen molar-refractivity contribution in [1.29, 1.82) is 0 Å². The number of hydrogen-bond acceptors (Lipinski definition) is 1. The molecule has 0 aromatic rings. The fourth-order valence-electron chi connectivity index (χ4n) is 1.31. The first kappa shape index (κ1) is 10.0. The molecule has 1 rings (SSSR count). The minimum Gasteiger partial charge on any atom is -0.336 e. The van der Waals surface area contributed by atoms with E-state index >= 15 is 0 Å². The number of alkyl halides is 1. The summed E-state index contributed by atoms with van der Waals surface area (Å²) >= 11 is 0. The van der Waals surface area contributed by atoms with Crippen LogP contribution in [0.3, 0.4) is 0 Å². The molecule has 1 aliphatic rings. The van der Waals surface area contributed by atoms with Crippen LogP contribution in [-0.2, 0) is 0 Å². The smallest absolute Gasteiger partial charge is 0.315 e. The zero-order valence-corrected chi connectivity index (χ0v) is 7.55. The molecule has 3 nitrogen and oxygen atoms in total. The number of halogens is 1. The second-order valence-electron chi connectivity index (χ2n) is 3.05. The van der Waals surface area contributed by atoms with Gasteiger partial charge in [0.1, 0.15) is 6.67 Å². The van der Waals surface area contributed by atoms with Crippen molar-refractivity contribution in [2.75, 3.05) is 13.2 Å². The van der Waals surface area contributed by atoms with Crippen LogP contribution in [0.25, 0.3) is 0 Å². The lowest BCUT2D eigenvalue weighted by Gasteiger charge is -2.17. The number of carbonyl (C=O) groups is 1. The summed E-state index contributed by atoms with van der Waals surface area (Å²) in [5, 5.41) is 5.17. The highest BCUT2D eigenvalue weighted by atomic mass is 19.1. The second-order valence-corrected chi connectivity index (χ2v) is 3.05. The average molecular weight is 186 g/mol. The van der Waals surface area contributed by atoms with Gasteiger partial charge in [-0.1, -0.05) is 12.2 Å². The number of nitrogens with one attached hydrogen (secondary N) is 2. The monoisotopic (exact) mass is 186 g/mol. The fraction of sp³-hybridized carbons (Fsp3) is 0.667.